The van der Waals surface area contributed by atoms with Gasteiger partial charge < -0.3 is 9.47 Å². The number of allylic oxidation sites excluding steroid dienone is 1. The van der Waals surface area contributed by atoms with E-state index in [9.17, 15) is 13.2 Å². The van der Waals surface area contributed by atoms with E-state index in [4.69, 9.17) is 13.7 Å². The minimum Gasteiger partial charge on any atom is -0.465 e. The highest BCUT2D eigenvalue weighted by Crippen LogP contribution is 2.20. The van der Waals surface area contributed by atoms with Crippen LogP contribution in [-0.4, -0.2) is 71.6 Å². The molecular weight excluding hydrogens is 514 g/mol. The lowest BCUT2D eigenvalue weighted by molar-refractivity contribution is -0.146. The Hall–Kier alpha value is -0.960. The van der Waals surface area contributed by atoms with Crippen LogP contribution in [0.5, 0.6) is 0 Å². The Morgan fingerprint density at radius 3 is 1.87 bits per heavy atom. The molecule has 0 atom stereocenters. The fourth-order valence-electron chi connectivity index (χ4n) is 4.40. The van der Waals surface area contributed by atoms with Crippen molar-refractivity contribution in [2.24, 2.45) is 5.92 Å². The maximum Gasteiger partial charge on any atom is 0.308 e. The summed E-state index contributed by atoms with van der Waals surface area (Å²) in [6, 6.07) is 0. The van der Waals surface area contributed by atoms with E-state index in [1.165, 1.54) is 82.6 Å². The van der Waals surface area contributed by atoms with E-state index in [0.29, 0.717) is 45.4 Å². The zero-order valence-corrected chi connectivity index (χ0v) is 26.8. The van der Waals surface area contributed by atoms with Gasteiger partial charge >= 0.3 is 5.97 Å². The molecule has 0 aromatic rings. The van der Waals surface area contributed by atoms with Crippen molar-refractivity contribution in [3.63, 3.8) is 0 Å². The molecule has 0 aromatic heterocycles. The molecule has 0 saturated carbocycles. The molecule has 0 saturated heterocycles. The molecule has 0 unspecified atom stereocenters. The molecule has 0 radical (unpaired) electrons. The van der Waals surface area contributed by atoms with Crippen LogP contribution in [0.1, 0.15) is 124 Å². The SMILES string of the molecule is CCCCCCCCC(CCCCCCCC)COC(=O)CCOCCN(CC=C(C)C)CCOS(C)(=O)=O. The summed E-state index contributed by atoms with van der Waals surface area (Å²) in [6.45, 7) is 11.8. The minimum atomic E-state index is -3.45. The van der Waals surface area contributed by atoms with Crippen molar-refractivity contribution in [2.45, 2.75) is 124 Å². The lowest BCUT2D eigenvalue weighted by Crippen LogP contribution is -2.32. The van der Waals surface area contributed by atoms with E-state index in [2.05, 4.69) is 24.8 Å². The van der Waals surface area contributed by atoms with Gasteiger partial charge in [-0.05, 0) is 32.6 Å². The van der Waals surface area contributed by atoms with E-state index in [-0.39, 0.29) is 19.0 Å². The predicted octanol–water partition coefficient (Wildman–Crippen LogP) is 7.30. The molecule has 0 heterocycles. The summed E-state index contributed by atoms with van der Waals surface area (Å²) in [5.74, 6) is 0.277. The van der Waals surface area contributed by atoms with E-state index in [0.717, 1.165) is 19.1 Å². The molecule has 0 spiro atoms. The molecule has 0 aliphatic heterocycles. The van der Waals surface area contributed by atoms with Crippen LogP contribution in [0.4, 0.5) is 0 Å². The van der Waals surface area contributed by atoms with Crippen LogP contribution in [0.15, 0.2) is 11.6 Å². The van der Waals surface area contributed by atoms with Gasteiger partial charge in [-0.2, -0.15) is 8.42 Å². The van der Waals surface area contributed by atoms with Crippen molar-refractivity contribution in [3.05, 3.63) is 11.6 Å². The van der Waals surface area contributed by atoms with Crippen molar-refractivity contribution in [1.29, 1.82) is 0 Å². The van der Waals surface area contributed by atoms with Crippen molar-refractivity contribution in [1.82, 2.24) is 4.90 Å². The van der Waals surface area contributed by atoms with E-state index >= 15 is 0 Å². The first-order valence-corrected chi connectivity index (χ1v) is 17.4. The van der Waals surface area contributed by atoms with Crippen LogP contribution < -0.4 is 0 Å². The molecule has 0 fully saturated rings. The Labute approximate surface area is 241 Å². The number of rotatable bonds is 28. The number of esters is 1. The number of nitrogens with zero attached hydrogens (tertiary/aromatic N) is 1. The highest BCUT2D eigenvalue weighted by atomic mass is 32.2. The summed E-state index contributed by atoms with van der Waals surface area (Å²) in [6.07, 6.45) is 21.2. The first-order valence-electron chi connectivity index (χ1n) is 15.6. The summed E-state index contributed by atoms with van der Waals surface area (Å²) in [5, 5.41) is 0. The zero-order chi connectivity index (χ0) is 29.2. The second kappa shape index (κ2) is 26.0. The number of carbonyl (C=O) groups excluding carboxylic acids is 1. The van der Waals surface area contributed by atoms with Crippen molar-refractivity contribution in [3.8, 4) is 0 Å². The third kappa shape index (κ3) is 28.4. The monoisotopic (exact) mass is 575 g/mol. The second-order valence-electron chi connectivity index (χ2n) is 11.1. The van der Waals surface area contributed by atoms with Gasteiger partial charge in [0.25, 0.3) is 10.1 Å². The van der Waals surface area contributed by atoms with Gasteiger partial charge in [0.05, 0.1) is 39.1 Å². The smallest absolute Gasteiger partial charge is 0.308 e. The Kier molecular flexibility index (Phi) is 25.3. The summed E-state index contributed by atoms with van der Waals surface area (Å²) >= 11 is 0. The molecule has 0 aliphatic carbocycles. The molecular formula is C31H61NO6S. The Bertz CT molecular complexity index is 690. The fraction of sp³-hybridized carbons (Fsp3) is 0.903. The molecule has 0 aliphatic rings. The fourth-order valence-corrected chi connectivity index (χ4v) is 4.77. The molecule has 39 heavy (non-hydrogen) atoms. The first kappa shape index (κ1) is 38.0. The average molecular weight is 576 g/mol. The third-order valence-electron chi connectivity index (χ3n) is 6.88. The van der Waals surface area contributed by atoms with Crippen molar-refractivity contribution < 1.29 is 26.9 Å². The normalized spacial score (nSPS) is 11.9. The van der Waals surface area contributed by atoms with Gasteiger partial charge in [-0.25, -0.2) is 0 Å². The quantitative estimate of drug-likeness (QED) is 0.0419. The molecule has 7 nitrogen and oxygen atoms in total. The number of unbranched alkanes of at least 4 members (excludes halogenated alkanes) is 10. The van der Waals surface area contributed by atoms with Crippen LogP contribution >= 0.6 is 0 Å². The largest absolute Gasteiger partial charge is 0.465 e. The standard InChI is InChI=1S/C31H61NO6S/c1-6-8-10-12-14-16-18-30(19-17-15-13-11-9-7-2)28-37-31(33)21-25-36-26-23-32(22-20-29(3)4)24-27-38-39(5,34)35/h20,30H,6-19,21-28H2,1-5H3. The number of ether oxygens (including phenoxy) is 2. The first-order chi connectivity index (χ1) is 18.7. The van der Waals surface area contributed by atoms with Crippen LogP contribution in [0.3, 0.4) is 0 Å². The maximum atomic E-state index is 12.4. The molecule has 232 valence electrons. The van der Waals surface area contributed by atoms with Crippen molar-refractivity contribution in [2.75, 3.05) is 52.3 Å². The summed E-state index contributed by atoms with van der Waals surface area (Å²) in [5.41, 5.74) is 1.19. The van der Waals surface area contributed by atoms with Crippen molar-refractivity contribution >= 4 is 16.1 Å². The van der Waals surface area contributed by atoms with E-state index < -0.39 is 10.1 Å². The molecule has 0 amide bonds. The van der Waals surface area contributed by atoms with Gasteiger partial charge in [-0.15, -0.1) is 0 Å². The van der Waals surface area contributed by atoms with Gasteiger partial charge in [0, 0.05) is 19.6 Å². The Balaban J connectivity index is 4.31. The lowest BCUT2D eigenvalue weighted by atomic mass is 9.95. The van der Waals surface area contributed by atoms with Crippen LogP contribution in [0.25, 0.3) is 0 Å². The molecule has 0 N–H and O–H groups in total. The van der Waals surface area contributed by atoms with Gasteiger partial charge in [0.2, 0.25) is 0 Å². The predicted molar refractivity (Wildman–Crippen MR) is 163 cm³/mol. The number of carbonyl (C=O) groups is 1. The average Bonchev–Trinajstić information content (AvgIpc) is 2.87. The Morgan fingerprint density at radius 1 is 0.795 bits per heavy atom. The molecule has 0 aromatic carbocycles. The van der Waals surface area contributed by atoms with Gasteiger partial charge in [0.15, 0.2) is 0 Å². The molecule has 0 bridgehead atoms. The van der Waals surface area contributed by atoms with Crippen LogP contribution in [0.2, 0.25) is 0 Å². The third-order valence-corrected chi connectivity index (χ3v) is 7.47. The number of hydrogen-bond acceptors (Lipinski definition) is 7. The maximum absolute atomic E-state index is 12.4. The summed E-state index contributed by atoms with van der Waals surface area (Å²) < 4.78 is 38.7. The summed E-state index contributed by atoms with van der Waals surface area (Å²) in [7, 11) is -3.45. The molecule has 8 heteroatoms. The lowest BCUT2D eigenvalue weighted by Gasteiger charge is -2.20. The van der Waals surface area contributed by atoms with Gasteiger partial charge in [-0.3, -0.25) is 13.9 Å². The summed E-state index contributed by atoms with van der Waals surface area (Å²) in [4.78, 5) is 14.4. The highest BCUT2D eigenvalue weighted by molar-refractivity contribution is 7.85. The van der Waals surface area contributed by atoms with Gasteiger partial charge in [0.1, 0.15) is 0 Å². The highest BCUT2D eigenvalue weighted by Gasteiger charge is 2.13. The van der Waals surface area contributed by atoms with Crippen LogP contribution in [0, 0.1) is 5.92 Å². The van der Waals surface area contributed by atoms with E-state index in [1.807, 2.05) is 13.8 Å². The van der Waals surface area contributed by atoms with E-state index in [1.54, 1.807) is 0 Å². The minimum absolute atomic E-state index is 0.112. The molecule has 0 rings (SSSR count). The number of hydrogen-bond donors (Lipinski definition) is 0. The second-order valence-corrected chi connectivity index (χ2v) is 12.8. The zero-order valence-electron chi connectivity index (χ0n) is 26.0. The Morgan fingerprint density at radius 2 is 1.33 bits per heavy atom. The van der Waals surface area contributed by atoms with Gasteiger partial charge in [-0.1, -0.05) is 103 Å². The van der Waals surface area contributed by atoms with Crippen LogP contribution in [-0.2, 0) is 28.6 Å². The topological polar surface area (TPSA) is 82.1 Å².